The number of carbonyl (C=O) groups is 1. The van der Waals surface area contributed by atoms with Gasteiger partial charge in [-0.15, -0.1) is 5.10 Å². The van der Waals surface area contributed by atoms with Crippen molar-refractivity contribution in [1.29, 1.82) is 0 Å². The summed E-state index contributed by atoms with van der Waals surface area (Å²) in [6, 6.07) is 3.41. The van der Waals surface area contributed by atoms with Gasteiger partial charge >= 0.3 is 0 Å². The number of aryl methyl sites for hydroxylation is 2. The topological polar surface area (TPSA) is 92.7 Å². The average molecular weight is 258 g/mol. The molecule has 0 atom stereocenters. The lowest BCUT2D eigenvalue weighted by molar-refractivity contribution is 0.102. The van der Waals surface area contributed by atoms with Crippen molar-refractivity contribution < 1.29 is 4.79 Å². The van der Waals surface area contributed by atoms with E-state index < -0.39 is 0 Å². The van der Waals surface area contributed by atoms with E-state index in [1.807, 2.05) is 0 Å². The molecule has 0 aliphatic rings. The standard InChI is InChI=1S/C12H14N6O/c1-7-8(2)17-18-12(15-7)16-11(19)10-6-9(13-3)4-5-14-10/h4-6H,1-3H3,(H,13,14)(H,15,16,18,19). The Balaban J connectivity index is 2.18. The second kappa shape index (κ2) is 5.38. The number of pyridine rings is 1. The third kappa shape index (κ3) is 3.01. The summed E-state index contributed by atoms with van der Waals surface area (Å²) in [6.45, 7) is 3.61. The molecule has 2 aromatic rings. The summed E-state index contributed by atoms with van der Waals surface area (Å²) < 4.78 is 0. The van der Waals surface area contributed by atoms with Gasteiger partial charge in [0.05, 0.1) is 11.4 Å². The van der Waals surface area contributed by atoms with Gasteiger partial charge in [-0.25, -0.2) is 4.98 Å². The van der Waals surface area contributed by atoms with Gasteiger partial charge in [0.15, 0.2) is 0 Å². The highest BCUT2D eigenvalue weighted by Gasteiger charge is 2.10. The van der Waals surface area contributed by atoms with E-state index in [0.29, 0.717) is 0 Å². The van der Waals surface area contributed by atoms with Gasteiger partial charge in [0.2, 0.25) is 5.95 Å². The van der Waals surface area contributed by atoms with Crippen molar-refractivity contribution in [2.45, 2.75) is 13.8 Å². The molecule has 7 heteroatoms. The van der Waals surface area contributed by atoms with E-state index in [0.717, 1.165) is 17.1 Å². The number of hydrogen-bond acceptors (Lipinski definition) is 6. The van der Waals surface area contributed by atoms with Gasteiger partial charge in [-0.05, 0) is 26.0 Å². The summed E-state index contributed by atoms with van der Waals surface area (Å²) in [5.74, 6) is -0.202. The lowest BCUT2D eigenvalue weighted by atomic mass is 10.3. The fourth-order valence-corrected chi connectivity index (χ4v) is 1.39. The summed E-state index contributed by atoms with van der Waals surface area (Å²) in [5, 5.41) is 13.2. The molecular formula is C12H14N6O. The molecule has 0 saturated heterocycles. The van der Waals surface area contributed by atoms with Crippen LogP contribution in [-0.2, 0) is 0 Å². The molecule has 0 aliphatic carbocycles. The maximum Gasteiger partial charge on any atom is 0.276 e. The number of anilines is 2. The average Bonchev–Trinajstić information content (AvgIpc) is 2.43. The van der Waals surface area contributed by atoms with Crippen LogP contribution in [0.4, 0.5) is 11.6 Å². The monoisotopic (exact) mass is 258 g/mol. The van der Waals surface area contributed by atoms with Crippen molar-refractivity contribution in [3.8, 4) is 0 Å². The van der Waals surface area contributed by atoms with Gasteiger partial charge in [0, 0.05) is 18.9 Å². The van der Waals surface area contributed by atoms with Crippen molar-refractivity contribution in [2.24, 2.45) is 0 Å². The lowest BCUT2D eigenvalue weighted by Crippen LogP contribution is -2.17. The maximum atomic E-state index is 12.0. The Morgan fingerprint density at radius 2 is 2.00 bits per heavy atom. The first-order valence-electron chi connectivity index (χ1n) is 5.73. The van der Waals surface area contributed by atoms with Crippen LogP contribution in [0.1, 0.15) is 21.9 Å². The van der Waals surface area contributed by atoms with Crippen molar-refractivity contribution in [1.82, 2.24) is 20.2 Å². The van der Waals surface area contributed by atoms with Crippen molar-refractivity contribution in [2.75, 3.05) is 17.7 Å². The van der Waals surface area contributed by atoms with Crippen LogP contribution in [0, 0.1) is 13.8 Å². The maximum absolute atomic E-state index is 12.0. The van der Waals surface area contributed by atoms with Crippen LogP contribution in [0.25, 0.3) is 0 Å². The second-order valence-electron chi connectivity index (χ2n) is 3.94. The molecule has 0 aliphatic heterocycles. The minimum absolute atomic E-state index is 0.171. The molecule has 0 saturated carbocycles. The van der Waals surface area contributed by atoms with Gasteiger partial charge in [-0.1, -0.05) is 0 Å². The first-order valence-corrected chi connectivity index (χ1v) is 5.73. The predicted molar refractivity (Wildman–Crippen MR) is 71.0 cm³/mol. The number of nitrogens with one attached hydrogen (secondary N) is 2. The van der Waals surface area contributed by atoms with Gasteiger partial charge in [0.1, 0.15) is 5.69 Å². The van der Waals surface area contributed by atoms with E-state index in [-0.39, 0.29) is 17.5 Å². The zero-order valence-electron chi connectivity index (χ0n) is 10.9. The van der Waals surface area contributed by atoms with Crippen LogP contribution in [0.5, 0.6) is 0 Å². The van der Waals surface area contributed by atoms with Crippen molar-refractivity contribution in [3.05, 3.63) is 35.4 Å². The smallest absolute Gasteiger partial charge is 0.276 e. The molecular weight excluding hydrogens is 244 g/mol. The normalized spacial score (nSPS) is 10.1. The van der Waals surface area contributed by atoms with Gasteiger partial charge in [-0.2, -0.15) is 5.10 Å². The molecule has 2 heterocycles. The molecule has 0 aromatic carbocycles. The van der Waals surface area contributed by atoms with E-state index in [1.54, 1.807) is 39.2 Å². The predicted octanol–water partition coefficient (Wildman–Crippen LogP) is 1.18. The summed E-state index contributed by atoms with van der Waals surface area (Å²) in [7, 11) is 1.77. The Kier molecular flexibility index (Phi) is 3.65. The second-order valence-corrected chi connectivity index (χ2v) is 3.94. The van der Waals surface area contributed by atoms with E-state index in [2.05, 4.69) is 30.8 Å². The SMILES string of the molecule is CNc1ccnc(C(=O)Nc2nnc(C)c(C)n2)c1. The Labute approximate surface area is 110 Å². The van der Waals surface area contributed by atoms with E-state index in [9.17, 15) is 4.79 Å². The van der Waals surface area contributed by atoms with Crippen LogP contribution >= 0.6 is 0 Å². The number of rotatable bonds is 3. The Morgan fingerprint density at radius 1 is 1.21 bits per heavy atom. The molecule has 2 N–H and O–H groups in total. The number of carbonyl (C=O) groups excluding carboxylic acids is 1. The first kappa shape index (κ1) is 12.9. The first-order chi connectivity index (χ1) is 9.10. The van der Waals surface area contributed by atoms with Gasteiger partial charge in [0.25, 0.3) is 5.91 Å². The zero-order valence-corrected chi connectivity index (χ0v) is 10.9. The van der Waals surface area contributed by atoms with Crippen LogP contribution in [0.15, 0.2) is 18.3 Å². The van der Waals surface area contributed by atoms with E-state index in [1.165, 1.54) is 0 Å². The fraction of sp³-hybridized carbons (Fsp3) is 0.250. The molecule has 2 rings (SSSR count). The van der Waals surface area contributed by atoms with Gasteiger partial charge in [-0.3, -0.25) is 15.1 Å². The number of aromatic nitrogens is 4. The molecule has 0 radical (unpaired) electrons. The largest absolute Gasteiger partial charge is 0.388 e. The summed E-state index contributed by atoms with van der Waals surface area (Å²) in [6.07, 6.45) is 1.56. The number of hydrogen-bond donors (Lipinski definition) is 2. The molecule has 1 amide bonds. The molecule has 7 nitrogen and oxygen atoms in total. The van der Waals surface area contributed by atoms with E-state index >= 15 is 0 Å². The fourth-order valence-electron chi connectivity index (χ4n) is 1.39. The molecule has 0 bridgehead atoms. The van der Waals surface area contributed by atoms with Crippen LogP contribution in [-0.4, -0.2) is 33.1 Å². The molecule has 2 aromatic heterocycles. The molecule has 0 spiro atoms. The molecule has 0 fully saturated rings. The molecule has 19 heavy (non-hydrogen) atoms. The van der Waals surface area contributed by atoms with Crippen molar-refractivity contribution in [3.63, 3.8) is 0 Å². The van der Waals surface area contributed by atoms with Gasteiger partial charge < -0.3 is 5.32 Å². The highest BCUT2D eigenvalue weighted by atomic mass is 16.2. The quantitative estimate of drug-likeness (QED) is 0.858. The van der Waals surface area contributed by atoms with Crippen LogP contribution in [0.2, 0.25) is 0 Å². The Bertz CT molecular complexity index is 613. The summed E-state index contributed by atoms with van der Waals surface area (Å²) in [5.41, 5.74) is 2.54. The minimum Gasteiger partial charge on any atom is -0.388 e. The molecule has 98 valence electrons. The highest BCUT2D eigenvalue weighted by molar-refractivity contribution is 6.02. The van der Waals surface area contributed by atoms with Crippen LogP contribution in [0.3, 0.4) is 0 Å². The zero-order chi connectivity index (χ0) is 13.8. The van der Waals surface area contributed by atoms with Crippen LogP contribution < -0.4 is 10.6 Å². The number of amides is 1. The number of nitrogens with zero attached hydrogens (tertiary/aromatic N) is 4. The highest BCUT2D eigenvalue weighted by Crippen LogP contribution is 2.09. The Morgan fingerprint density at radius 3 is 2.68 bits per heavy atom. The van der Waals surface area contributed by atoms with Crippen molar-refractivity contribution >= 4 is 17.5 Å². The molecule has 0 unspecified atom stereocenters. The lowest BCUT2D eigenvalue weighted by Gasteiger charge is -2.05. The minimum atomic E-state index is -0.373. The third-order valence-corrected chi connectivity index (χ3v) is 2.60. The third-order valence-electron chi connectivity index (χ3n) is 2.60. The Hall–Kier alpha value is -2.57. The summed E-state index contributed by atoms with van der Waals surface area (Å²) in [4.78, 5) is 20.1. The summed E-state index contributed by atoms with van der Waals surface area (Å²) >= 11 is 0. The van der Waals surface area contributed by atoms with E-state index in [4.69, 9.17) is 0 Å².